The summed E-state index contributed by atoms with van der Waals surface area (Å²) in [7, 11) is 0. The first-order valence-corrected chi connectivity index (χ1v) is 13.8. The molecule has 2 amide bonds. The fraction of sp³-hybridized carbons (Fsp3) is 0.483. The second-order valence-corrected chi connectivity index (χ2v) is 10.6. The SMILES string of the molecule is CC(=O)C(N)[C@@H]1CN(c2ccc(N3CCN(C4CCN(C(=O)OCc5ccccc5)CC4)CC3)c(F)c2)C(=O)O1. The first-order valence-electron chi connectivity index (χ1n) is 13.8. The molecular weight excluding hydrogens is 517 g/mol. The van der Waals surface area contributed by atoms with Crippen LogP contribution in [0.15, 0.2) is 48.5 Å². The van der Waals surface area contributed by atoms with Gasteiger partial charge in [0.05, 0.1) is 17.9 Å². The van der Waals surface area contributed by atoms with Crippen LogP contribution in [0.2, 0.25) is 0 Å². The fourth-order valence-corrected chi connectivity index (χ4v) is 5.62. The van der Waals surface area contributed by atoms with E-state index in [2.05, 4.69) is 4.90 Å². The number of piperazine rings is 1. The molecule has 0 aliphatic carbocycles. The molecule has 214 valence electrons. The lowest BCUT2D eigenvalue weighted by Gasteiger charge is -2.43. The number of rotatable bonds is 7. The summed E-state index contributed by atoms with van der Waals surface area (Å²) in [6.45, 7) is 5.99. The lowest BCUT2D eigenvalue weighted by Crippen LogP contribution is -2.54. The zero-order valence-electron chi connectivity index (χ0n) is 22.7. The van der Waals surface area contributed by atoms with Crippen LogP contribution in [-0.4, -0.2) is 91.8 Å². The number of piperidine rings is 1. The van der Waals surface area contributed by atoms with Gasteiger partial charge in [0.1, 0.15) is 30.4 Å². The van der Waals surface area contributed by atoms with E-state index in [9.17, 15) is 14.4 Å². The summed E-state index contributed by atoms with van der Waals surface area (Å²) in [4.78, 5) is 43.9. The average molecular weight is 554 g/mol. The van der Waals surface area contributed by atoms with E-state index in [1.165, 1.54) is 17.9 Å². The number of ketones is 1. The molecule has 40 heavy (non-hydrogen) atoms. The van der Waals surface area contributed by atoms with Crippen LogP contribution in [-0.2, 0) is 20.9 Å². The Hall–Kier alpha value is -3.70. The van der Waals surface area contributed by atoms with Crippen molar-refractivity contribution in [3.05, 3.63) is 59.9 Å². The number of nitrogens with two attached hydrogens (primary N) is 1. The zero-order valence-corrected chi connectivity index (χ0v) is 22.7. The van der Waals surface area contributed by atoms with Crippen molar-refractivity contribution >= 4 is 29.3 Å². The number of hydrogen-bond donors (Lipinski definition) is 1. The van der Waals surface area contributed by atoms with E-state index in [0.29, 0.717) is 43.6 Å². The van der Waals surface area contributed by atoms with Gasteiger partial charge in [-0.1, -0.05) is 30.3 Å². The van der Waals surface area contributed by atoms with Crippen molar-refractivity contribution in [2.75, 3.05) is 55.6 Å². The van der Waals surface area contributed by atoms with Gasteiger partial charge in [-0.25, -0.2) is 14.0 Å². The molecule has 11 heteroatoms. The highest BCUT2D eigenvalue weighted by Gasteiger charge is 2.38. The van der Waals surface area contributed by atoms with Crippen LogP contribution in [0.1, 0.15) is 25.3 Å². The molecule has 0 bridgehead atoms. The third-order valence-corrected chi connectivity index (χ3v) is 8.05. The molecule has 2 atom stereocenters. The highest BCUT2D eigenvalue weighted by molar-refractivity contribution is 5.91. The minimum atomic E-state index is -0.907. The van der Waals surface area contributed by atoms with Gasteiger partial charge in [0.15, 0.2) is 0 Å². The van der Waals surface area contributed by atoms with Crippen molar-refractivity contribution in [3.63, 3.8) is 0 Å². The van der Waals surface area contributed by atoms with Crippen molar-refractivity contribution in [3.8, 4) is 0 Å². The van der Waals surface area contributed by atoms with Crippen molar-refractivity contribution in [2.45, 2.75) is 44.6 Å². The van der Waals surface area contributed by atoms with Gasteiger partial charge in [-0.3, -0.25) is 14.6 Å². The summed E-state index contributed by atoms with van der Waals surface area (Å²) in [6, 6.07) is 13.8. The smallest absolute Gasteiger partial charge is 0.414 e. The standard InChI is InChI=1S/C29H36FN5O5/c1-20(36)27(31)26-18-35(29(38)40-26)23-7-8-25(24(30)17-23)33-15-13-32(14-16-33)22-9-11-34(12-10-22)28(37)39-19-21-5-3-2-4-6-21/h2-8,17,22,26-27H,9-16,18-19,31H2,1H3/t26-,27?/m0/s1. The lowest BCUT2D eigenvalue weighted by atomic mass is 10.0. The van der Waals surface area contributed by atoms with Gasteiger partial charge in [-0.05, 0) is 43.5 Å². The van der Waals surface area contributed by atoms with Gasteiger partial charge in [-0.15, -0.1) is 0 Å². The molecule has 3 aliphatic rings. The second kappa shape index (κ2) is 12.2. The highest BCUT2D eigenvalue weighted by atomic mass is 19.1. The van der Waals surface area contributed by atoms with Crippen LogP contribution >= 0.6 is 0 Å². The summed E-state index contributed by atoms with van der Waals surface area (Å²) in [5, 5.41) is 0. The number of carbonyl (C=O) groups excluding carboxylic acids is 3. The summed E-state index contributed by atoms with van der Waals surface area (Å²) in [5.41, 5.74) is 7.66. The number of likely N-dealkylation sites (tertiary alicyclic amines) is 1. The van der Waals surface area contributed by atoms with Gasteiger partial charge in [0, 0.05) is 45.3 Å². The Kier molecular flexibility index (Phi) is 8.51. The van der Waals surface area contributed by atoms with Crippen LogP contribution in [0, 0.1) is 5.82 Å². The molecule has 10 nitrogen and oxygen atoms in total. The molecule has 5 rings (SSSR count). The molecule has 2 N–H and O–H groups in total. The van der Waals surface area contributed by atoms with E-state index >= 15 is 4.39 Å². The Morgan fingerprint density at radius 1 is 1.05 bits per heavy atom. The topological polar surface area (TPSA) is 109 Å². The number of nitrogens with zero attached hydrogens (tertiary/aromatic N) is 4. The molecule has 3 aliphatic heterocycles. The molecule has 1 unspecified atom stereocenters. The normalized spacial score (nSPS) is 21.3. The largest absolute Gasteiger partial charge is 0.445 e. The number of hydrogen-bond acceptors (Lipinski definition) is 8. The summed E-state index contributed by atoms with van der Waals surface area (Å²) in [5.74, 6) is -0.687. The number of amides is 2. The monoisotopic (exact) mass is 553 g/mol. The van der Waals surface area contributed by atoms with Crippen LogP contribution in [0.3, 0.4) is 0 Å². The summed E-state index contributed by atoms with van der Waals surface area (Å²) < 4.78 is 25.9. The average Bonchev–Trinajstić information content (AvgIpc) is 3.37. The second-order valence-electron chi connectivity index (χ2n) is 10.6. The summed E-state index contributed by atoms with van der Waals surface area (Å²) in [6.07, 6.45) is 0.0870. The maximum absolute atomic E-state index is 15.2. The third kappa shape index (κ3) is 6.20. The molecule has 2 aromatic carbocycles. The molecule has 3 saturated heterocycles. The number of ether oxygens (including phenoxy) is 2. The van der Waals surface area contributed by atoms with E-state index in [4.69, 9.17) is 15.2 Å². The molecule has 0 radical (unpaired) electrons. The van der Waals surface area contributed by atoms with E-state index in [0.717, 1.165) is 31.5 Å². The van der Waals surface area contributed by atoms with Crippen LogP contribution in [0.25, 0.3) is 0 Å². The number of Topliss-reactive ketones (excluding diaryl/α,β-unsaturated/α-hetero) is 1. The molecule has 3 heterocycles. The maximum atomic E-state index is 15.2. The quantitative estimate of drug-likeness (QED) is 0.558. The summed E-state index contributed by atoms with van der Waals surface area (Å²) >= 11 is 0. The van der Waals surface area contributed by atoms with Gasteiger partial charge < -0.3 is 25.0 Å². The molecule has 2 aromatic rings. The fourth-order valence-electron chi connectivity index (χ4n) is 5.62. The molecular formula is C29H36FN5O5. The first-order chi connectivity index (χ1) is 19.3. The minimum Gasteiger partial charge on any atom is -0.445 e. The molecule has 0 spiro atoms. The van der Waals surface area contributed by atoms with Gasteiger partial charge in [-0.2, -0.15) is 0 Å². The van der Waals surface area contributed by atoms with Gasteiger partial charge >= 0.3 is 12.2 Å². The first kappa shape index (κ1) is 27.9. The Labute approximate surface area is 233 Å². The van der Waals surface area contributed by atoms with Crippen molar-refractivity contribution in [1.29, 1.82) is 0 Å². The van der Waals surface area contributed by atoms with Crippen molar-refractivity contribution < 1.29 is 28.2 Å². The Balaban J connectivity index is 1.09. The number of carbonyl (C=O) groups is 3. The number of halogens is 1. The third-order valence-electron chi connectivity index (χ3n) is 8.05. The maximum Gasteiger partial charge on any atom is 0.414 e. The highest BCUT2D eigenvalue weighted by Crippen LogP contribution is 2.30. The number of anilines is 2. The van der Waals surface area contributed by atoms with E-state index in [1.54, 1.807) is 17.0 Å². The molecule has 0 saturated carbocycles. The Morgan fingerprint density at radius 3 is 2.40 bits per heavy atom. The van der Waals surface area contributed by atoms with Crippen molar-refractivity contribution in [2.24, 2.45) is 5.73 Å². The van der Waals surface area contributed by atoms with Crippen LogP contribution < -0.4 is 15.5 Å². The molecule has 0 aromatic heterocycles. The van der Waals surface area contributed by atoms with E-state index in [1.807, 2.05) is 35.2 Å². The minimum absolute atomic E-state index is 0.0978. The number of benzene rings is 2. The van der Waals surface area contributed by atoms with E-state index in [-0.39, 0.29) is 25.0 Å². The molecule has 3 fully saturated rings. The Morgan fingerprint density at radius 2 is 1.75 bits per heavy atom. The van der Waals surface area contributed by atoms with Gasteiger partial charge in [0.25, 0.3) is 0 Å². The van der Waals surface area contributed by atoms with Crippen molar-refractivity contribution in [1.82, 2.24) is 9.80 Å². The zero-order chi connectivity index (χ0) is 28.2. The van der Waals surface area contributed by atoms with E-state index < -0.39 is 24.1 Å². The van der Waals surface area contributed by atoms with Crippen LogP contribution in [0.5, 0.6) is 0 Å². The van der Waals surface area contributed by atoms with Crippen LogP contribution in [0.4, 0.5) is 25.4 Å². The van der Waals surface area contributed by atoms with Gasteiger partial charge in [0.2, 0.25) is 0 Å². The number of cyclic esters (lactones) is 1. The predicted molar refractivity (Wildman–Crippen MR) is 148 cm³/mol. The lowest BCUT2D eigenvalue weighted by molar-refractivity contribution is -0.120. The predicted octanol–water partition coefficient (Wildman–Crippen LogP) is 2.99. The Bertz CT molecular complexity index is 1210.